The van der Waals surface area contributed by atoms with Gasteiger partial charge in [-0.15, -0.1) is 0 Å². The van der Waals surface area contributed by atoms with Crippen molar-refractivity contribution >= 4 is 5.91 Å². The Bertz CT molecular complexity index is 278. The van der Waals surface area contributed by atoms with Crippen LogP contribution < -0.4 is 5.73 Å². The minimum Gasteiger partial charge on any atom is -0.341 e. The number of carbonyl (C=O) groups is 1. The van der Waals surface area contributed by atoms with Gasteiger partial charge in [-0.05, 0) is 38.6 Å². The Kier molecular flexibility index (Phi) is 5.01. The van der Waals surface area contributed by atoms with Gasteiger partial charge in [-0.3, -0.25) is 9.69 Å². The third-order valence-electron chi connectivity index (χ3n) is 4.26. The lowest BCUT2D eigenvalue weighted by molar-refractivity contribution is -0.132. The Hall–Kier alpha value is -0.610. The largest absolute Gasteiger partial charge is 0.341 e. The summed E-state index contributed by atoms with van der Waals surface area (Å²) in [5.41, 5.74) is 5.68. The quantitative estimate of drug-likeness (QED) is 0.797. The van der Waals surface area contributed by atoms with Gasteiger partial charge in [0.05, 0.1) is 0 Å². The zero-order chi connectivity index (χ0) is 13.0. The number of rotatable bonds is 5. The molecule has 0 spiro atoms. The average Bonchev–Trinajstić information content (AvgIpc) is 3.20. The lowest BCUT2D eigenvalue weighted by Gasteiger charge is -2.29. The minimum atomic E-state index is 0.363. The van der Waals surface area contributed by atoms with E-state index in [0.717, 1.165) is 64.8 Å². The van der Waals surface area contributed by atoms with Crippen LogP contribution in [0, 0.1) is 5.92 Å². The Morgan fingerprint density at radius 3 is 2.67 bits per heavy atom. The molecule has 1 atom stereocenters. The number of nitrogens with two attached hydrogens (primary N) is 1. The Morgan fingerprint density at radius 1 is 1.28 bits per heavy atom. The first-order valence-corrected chi connectivity index (χ1v) is 7.49. The standard InChI is InChI=1S/C14H27N3O/c1-2-13(6-7-15)16-8-3-9-17(11-10-16)14(18)12-4-5-12/h12-13H,2-11,15H2,1H3. The molecule has 4 heteroatoms. The highest BCUT2D eigenvalue weighted by atomic mass is 16.2. The molecule has 0 bridgehead atoms. The molecule has 1 unspecified atom stereocenters. The molecule has 2 aliphatic rings. The SMILES string of the molecule is CCC(CCN)N1CCCN(C(=O)C2CC2)CC1. The van der Waals surface area contributed by atoms with Crippen LogP contribution in [0.5, 0.6) is 0 Å². The second kappa shape index (κ2) is 6.53. The van der Waals surface area contributed by atoms with Crippen molar-refractivity contribution in [3.8, 4) is 0 Å². The molecule has 2 N–H and O–H groups in total. The van der Waals surface area contributed by atoms with Crippen molar-refractivity contribution in [1.82, 2.24) is 9.80 Å². The Balaban J connectivity index is 1.84. The molecule has 0 aromatic carbocycles. The van der Waals surface area contributed by atoms with E-state index in [9.17, 15) is 4.79 Å². The summed E-state index contributed by atoms with van der Waals surface area (Å²) in [7, 11) is 0. The molecule has 2 rings (SSSR count). The maximum absolute atomic E-state index is 12.1. The van der Waals surface area contributed by atoms with E-state index < -0.39 is 0 Å². The first-order chi connectivity index (χ1) is 8.76. The topological polar surface area (TPSA) is 49.6 Å². The third-order valence-corrected chi connectivity index (χ3v) is 4.26. The lowest BCUT2D eigenvalue weighted by Crippen LogP contribution is -2.40. The third kappa shape index (κ3) is 3.45. The molecule has 0 aromatic rings. The first-order valence-electron chi connectivity index (χ1n) is 7.49. The molecule has 1 aliphatic carbocycles. The van der Waals surface area contributed by atoms with E-state index in [-0.39, 0.29) is 0 Å². The van der Waals surface area contributed by atoms with E-state index in [1.165, 1.54) is 0 Å². The summed E-state index contributed by atoms with van der Waals surface area (Å²) in [5, 5.41) is 0. The zero-order valence-electron chi connectivity index (χ0n) is 11.6. The minimum absolute atomic E-state index is 0.363. The number of nitrogens with zero attached hydrogens (tertiary/aromatic N) is 2. The van der Waals surface area contributed by atoms with Crippen molar-refractivity contribution in [1.29, 1.82) is 0 Å². The summed E-state index contributed by atoms with van der Waals surface area (Å²) in [5.74, 6) is 0.770. The second-order valence-electron chi connectivity index (χ2n) is 5.63. The summed E-state index contributed by atoms with van der Waals surface area (Å²) >= 11 is 0. The monoisotopic (exact) mass is 253 g/mol. The normalized spacial score (nSPS) is 23.8. The molecule has 4 nitrogen and oxygen atoms in total. The van der Waals surface area contributed by atoms with Crippen LogP contribution in [0.25, 0.3) is 0 Å². The van der Waals surface area contributed by atoms with Gasteiger partial charge in [-0.2, -0.15) is 0 Å². The maximum atomic E-state index is 12.1. The summed E-state index contributed by atoms with van der Waals surface area (Å²) < 4.78 is 0. The van der Waals surface area contributed by atoms with Crippen LogP contribution in [-0.2, 0) is 4.79 Å². The molecule has 2 fully saturated rings. The molecule has 1 saturated heterocycles. The van der Waals surface area contributed by atoms with Crippen LogP contribution in [-0.4, -0.2) is 54.5 Å². The van der Waals surface area contributed by atoms with Crippen molar-refractivity contribution in [2.75, 3.05) is 32.7 Å². The molecule has 1 saturated carbocycles. The van der Waals surface area contributed by atoms with Crippen LogP contribution >= 0.6 is 0 Å². The number of hydrogen-bond acceptors (Lipinski definition) is 3. The molecule has 104 valence electrons. The summed E-state index contributed by atoms with van der Waals surface area (Å²) in [4.78, 5) is 16.7. The van der Waals surface area contributed by atoms with E-state index in [0.29, 0.717) is 17.9 Å². The highest BCUT2D eigenvalue weighted by Crippen LogP contribution is 2.31. The average molecular weight is 253 g/mol. The summed E-state index contributed by atoms with van der Waals surface area (Å²) in [6.45, 7) is 7.00. The first kappa shape index (κ1) is 13.8. The van der Waals surface area contributed by atoms with E-state index in [4.69, 9.17) is 5.73 Å². The van der Waals surface area contributed by atoms with Gasteiger partial charge in [0.1, 0.15) is 0 Å². The Morgan fingerprint density at radius 2 is 2.06 bits per heavy atom. The molecule has 1 amide bonds. The molecular weight excluding hydrogens is 226 g/mol. The van der Waals surface area contributed by atoms with Gasteiger partial charge in [-0.25, -0.2) is 0 Å². The summed E-state index contributed by atoms with van der Waals surface area (Å²) in [6.07, 6.45) is 5.58. The lowest BCUT2D eigenvalue weighted by atomic mass is 10.1. The van der Waals surface area contributed by atoms with Gasteiger partial charge < -0.3 is 10.6 Å². The highest BCUT2D eigenvalue weighted by Gasteiger charge is 2.34. The van der Waals surface area contributed by atoms with Crippen LogP contribution in [0.3, 0.4) is 0 Å². The number of amides is 1. The van der Waals surface area contributed by atoms with Gasteiger partial charge in [0, 0.05) is 38.1 Å². The molecular formula is C14H27N3O. The molecule has 18 heavy (non-hydrogen) atoms. The van der Waals surface area contributed by atoms with Gasteiger partial charge >= 0.3 is 0 Å². The second-order valence-corrected chi connectivity index (χ2v) is 5.63. The van der Waals surface area contributed by atoms with Crippen LogP contribution in [0.15, 0.2) is 0 Å². The van der Waals surface area contributed by atoms with E-state index in [1.807, 2.05) is 0 Å². The zero-order valence-corrected chi connectivity index (χ0v) is 11.6. The Labute approximate surface area is 110 Å². The van der Waals surface area contributed by atoms with Crippen molar-refractivity contribution in [2.45, 2.75) is 45.1 Å². The molecule has 1 aliphatic heterocycles. The van der Waals surface area contributed by atoms with Crippen molar-refractivity contribution in [3.05, 3.63) is 0 Å². The fourth-order valence-corrected chi connectivity index (χ4v) is 2.95. The van der Waals surface area contributed by atoms with Gasteiger partial charge in [0.25, 0.3) is 0 Å². The van der Waals surface area contributed by atoms with Crippen molar-refractivity contribution < 1.29 is 4.79 Å². The smallest absolute Gasteiger partial charge is 0.225 e. The number of carbonyl (C=O) groups excluding carboxylic acids is 1. The predicted octanol–water partition coefficient (Wildman–Crippen LogP) is 1.06. The van der Waals surface area contributed by atoms with Gasteiger partial charge in [0.15, 0.2) is 0 Å². The molecule has 0 aromatic heterocycles. The summed E-state index contributed by atoms with van der Waals surface area (Å²) in [6, 6.07) is 0.603. The fraction of sp³-hybridized carbons (Fsp3) is 0.929. The number of hydrogen-bond donors (Lipinski definition) is 1. The van der Waals surface area contributed by atoms with Crippen LogP contribution in [0.4, 0.5) is 0 Å². The van der Waals surface area contributed by atoms with E-state index in [2.05, 4.69) is 16.7 Å². The fourth-order valence-electron chi connectivity index (χ4n) is 2.95. The van der Waals surface area contributed by atoms with Gasteiger partial charge in [-0.1, -0.05) is 6.92 Å². The van der Waals surface area contributed by atoms with Crippen molar-refractivity contribution in [3.63, 3.8) is 0 Å². The molecule has 0 radical (unpaired) electrons. The predicted molar refractivity (Wildman–Crippen MR) is 73.2 cm³/mol. The van der Waals surface area contributed by atoms with E-state index >= 15 is 0 Å². The molecule has 1 heterocycles. The van der Waals surface area contributed by atoms with Crippen molar-refractivity contribution in [2.24, 2.45) is 11.7 Å². The van der Waals surface area contributed by atoms with Crippen LogP contribution in [0.2, 0.25) is 0 Å². The van der Waals surface area contributed by atoms with E-state index in [1.54, 1.807) is 0 Å². The highest BCUT2D eigenvalue weighted by molar-refractivity contribution is 5.81. The van der Waals surface area contributed by atoms with Crippen LogP contribution in [0.1, 0.15) is 39.0 Å². The van der Waals surface area contributed by atoms with Gasteiger partial charge in [0.2, 0.25) is 5.91 Å². The maximum Gasteiger partial charge on any atom is 0.225 e.